The minimum Gasteiger partial charge on any atom is -0.370 e. The highest BCUT2D eigenvalue weighted by Crippen LogP contribution is 2.59. The zero-order valence-electron chi connectivity index (χ0n) is 28.3. The van der Waals surface area contributed by atoms with Crippen LogP contribution in [0.1, 0.15) is 58.8 Å². The Hall–Kier alpha value is -4.14. The lowest BCUT2D eigenvalue weighted by Crippen LogP contribution is -2.61. The predicted octanol–water partition coefficient (Wildman–Crippen LogP) is 6.10. The lowest BCUT2D eigenvalue weighted by atomic mass is 9.84. The molecule has 3 amide bonds. The van der Waals surface area contributed by atoms with E-state index in [9.17, 15) is 36.5 Å². The monoisotopic (exact) mass is 761 g/mol. The van der Waals surface area contributed by atoms with Gasteiger partial charge in [-0.1, -0.05) is 57.2 Å². The summed E-state index contributed by atoms with van der Waals surface area (Å²) < 4.78 is 74.1. The van der Waals surface area contributed by atoms with Gasteiger partial charge in [-0.15, -0.1) is 11.3 Å². The van der Waals surface area contributed by atoms with Gasteiger partial charge >= 0.3 is 13.3 Å². The fourth-order valence-electron chi connectivity index (χ4n) is 6.48. The molecule has 10 nitrogen and oxygen atoms in total. The van der Waals surface area contributed by atoms with Crippen LogP contribution < -0.4 is 5.32 Å². The van der Waals surface area contributed by atoms with E-state index in [0.717, 1.165) is 46.7 Å². The molecule has 3 aromatic carbocycles. The van der Waals surface area contributed by atoms with Gasteiger partial charge in [0, 0.05) is 29.8 Å². The summed E-state index contributed by atoms with van der Waals surface area (Å²) in [6.07, 6.45) is -0.536. The first-order valence-corrected chi connectivity index (χ1v) is 18.8. The van der Waals surface area contributed by atoms with Crippen molar-refractivity contribution >= 4 is 46.7 Å². The summed E-state index contributed by atoms with van der Waals surface area (Å²) in [4.78, 5) is 64.0. The molecule has 2 aliphatic rings. The number of carbonyl (C=O) groups excluding carboxylic acids is 3. The smallest absolute Gasteiger partial charge is 0.370 e. The predicted molar refractivity (Wildman–Crippen MR) is 185 cm³/mol. The van der Waals surface area contributed by atoms with Crippen molar-refractivity contribution in [2.24, 2.45) is 5.41 Å². The molecular formula is C36H36F4N3O7PS. The largest absolute Gasteiger partial charge is 0.399 e. The van der Waals surface area contributed by atoms with Crippen molar-refractivity contribution < 1.29 is 51.0 Å². The molecule has 0 aliphatic carbocycles. The molecule has 1 saturated heterocycles. The van der Waals surface area contributed by atoms with Crippen LogP contribution in [0, 0.1) is 17.0 Å². The molecule has 0 bridgehead atoms. The molecule has 0 spiro atoms. The second-order valence-corrected chi connectivity index (χ2v) is 16.7. The van der Waals surface area contributed by atoms with Gasteiger partial charge in [0.1, 0.15) is 18.2 Å². The first kappa shape index (κ1) is 37.6. The summed E-state index contributed by atoms with van der Waals surface area (Å²) in [7, 11) is -5.82. The number of hydrogen-bond acceptors (Lipinski definition) is 6. The summed E-state index contributed by atoms with van der Waals surface area (Å²) in [5, 5.41) is 2.96. The van der Waals surface area contributed by atoms with Crippen molar-refractivity contribution in [2.45, 2.75) is 57.6 Å². The zero-order valence-corrected chi connectivity index (χ0v) is 30.0. The topological polar surface area (TPSA) is 136 Å². The van der Waals surface area contributed by atoms with E-state index in [1.165, 1.54) is 23.1 Å². The normalized spacial score (nSPS) is 18.9. The second-order valence-electron chi connectivity index (χ2n) is 14.0. The fourth-order valence-corrected chi connectivity index (χ4v) is 7.90. The van der Waals surface area contributed by atoms with Crippen molar-refractivity contribution in [2.75, 3.05) is 19.7 Å². The number of ether oxygens (including phenoxy) is 1. The number of rotatable bonds is 7. The number of amides is 3. The van der Waals surface area contributed by atoms with Crippen LogP contribution >= 0.6 is 18.9 Å². The van der Waals surface area contributed by atoms with Gasteiger partial charge in [-0.2, -0.15) is 8.78 Å². The van der Waals surface area contributed by atoms with Crippen LogP contribution in [0.3, 0.4) is 0 Å². The van der Waals surface area contributed by atoms with Gasteiger partial charge in [0.05, 0.1) is 18.0 Å². The van der Waals surface area contributed by atoms with E-state index in [-0.39, 0.29) is 48.8 Å². The molecule has 3 N–H and O–H groups in total. The molecular weight excluding hydrogens is 725 g/mol. The number of nitrogens with zero attached hydrogens (tertiary/aromatic N) is 2. The van der Waals surface area contributed by atoms with E-state index >= 15 is 0 Å². The van der Waals surface area contributed by atoms with E-state index in [1.807, 2.05) is 24.3 Å². The summed E-state index contributed by atoms with van der Waals surface area (Å²) >= 11 is 0.954. The molecule has 3 heterocycles. The Bertz CT molecular complexity index is 2100. The van der Waals surface area contributed by atoms with E-state index < -0.39 is 65.9 Å². The number of thiophene rings is 1. The maximum Gasteiger partial charge on any atom is 0.399 e. The number of carbonyl (C=O) groups is 3. The van der Waals surface area contributed by atoms with E-state index in [0.29, 0.717) is 10.3 Å². The standard InChI is InChI=1S/C36H36F4N3O7PS/c1-35(2,3)31(41-32(44)30-17-23-14-24(9-11-29(23)52-30)36(39,40)51(47,48)49)34(46)43-18-22-7-5-4-6-20(22)16-27(43)33(45)42-12-13-50-28(19-42)21-8-10-25(37)26(38)15-21/h4-11,14-15,17,27-28,31H,12-13,16,18-19H2,1-3H3,(H,41,44)(H2,47,48,49)/t27-,28?,31?/m0/s1. The van der Waals surface area contributed by atoms with Gasteiger partial charge < -0.3 is 29.6 Å². The molecule has 2 aliphatic heterocycles. The molecule has 0 radical (unpaired) electrons. The van der Waals surface area contributed by atoms with Crippen molar-refractivity contribution in [1.82, 2.24) is 15.1 Å². The zero-order chi connectivity index (χ0) is 37.7. The average molecular weight is 762 g/mol. The van der Waals surface area contributed by atoms with E-state index in [4.69, 9.17) is 14.5 Å². The average Bonchev–Trinajstić information content (AvgIpc) is 3.53. The minimum atomic E-state index is -5.82. The Morgan fingerprint density at radius 1 is 0.981 bits per heavy atom. The number of fused-ring (bicyclic) bond motifs is 2. The minimum absolute atomic E-state index is 0.0390. The molecule has 1 fully saturated rings. The van der Waals surface area contributed by atoms with Gasteiger partial charge in [-0.25, -0.2) is 8.78 Å². The Labute approximate surface area is 300 Å². The van der Waals surface area contributed by atoms with Gasteiger partial charge in [0.2, 0.25) is 11.8 Å². The van der Waals surface area contributed by atoms with Gasteiger partial charge in [0.15, 0.2) is 11.6 Å². The van der Waals surface area contributed by atoms with Crippen LogP contribution in [0.5, 0.6) is 0 Å². The summed E-state index contributed by atoms with van der Waals surface area (Å²) in [6.45, 7) is 5.69. The highest BCUT2D eigenvalue weighted by atomic mass is 32.1. The molecule has 6 rings (SSSR count). The highest BCUT2D eigenvalue weighted by Gasteiger charge is 2.50. The third-order valence-corrected chi connectivity index (χ3v) is 11.5. The number of nitrogens with one attached hydrogen (secondary N) is 1. The molecule has 52 heavy (non-hydrogen) atoms. The Kier molecular flexibility index (Phi) is 10.1. The lowest BCUT2D eigenvalue weighted by Gasteiger charge is -2.43. The maximum atomic E-state index is 14.6. The van der Waals surface area contributed by atoms with E-state index in [2.05, 4.69) is 5.32 Å². The van der Waals surface area contributed by atoms with Crippen LogP contribution in [-0.2, 0) is 37.5 Å². The number of alkyl halides is 2. The van der Waals surface area contributed by atoms with E-state index in [1.54, 1.807) is 25.7 Å². The molecule has 276 valence electrons. The first-order valence-electron chi connectivity index (χ1n) is 16.4. The van der Waals surface area contributed by atoms with Crippen molar-refractivity contribution in [3.05, 3.63) is 105 Å². The molecule has 2 unspecified atom stereocenters. The Balaban J connectivity index is 1.27. The van der Waals surface area contributed by atoms with Gasteiger partial charge in [-0.3, -0.25) is 18.9 Å². The van der Waals surface area contributed by atoms with Crippen LogP contribution in [0.15, 0.2) is 66.7 Å². The maximum absolute atomic E-state index is 14.6. The third kappa shape index (κ3) is 7.38. The fraction of sp³-hybridized carbons (Fsp3) is 0.361. The first-order chi connectivity index (χ1) is 24.3. The molecule has 4 aromatic rings. The van der Waals surface area contributed by atoms with Crippen LogP contribution in [0.25, 0.3) is 10.1 Å². The second kappa shape index (κ2) is 14.0. The highest BCUT2D eigenvalue weighted by molar-refractivity contribution is 7.52. The van der Waals surface area contributed by atoms with Gasteiger partial charge in [-0.05, 0) is 57.8 Å². The molecule has 16 heteroatoms. The van der Waals surface area contributed by atoms with Gasteiger partial charge in [0.25, 0.3) is 5.91 Å². The quantitative estimate of drug-likeness (QED) is 0.153. The molecule has 0 saturated carbocycles. The van der Waals surface area contributed by atoms with Crippen LogP contribution in [0.2, 0.25) is 0 Å². The molecule has 3 atom stereocenters. The SMILES string of the molecule is CC(C)(C)C(NC(=O)c1cc2cc(C(F)(F)P(=O)(O)O)ccc2s1)C(=O)N1Cc2ccccc2C[C@H]1C(=O)N1CCOC(c2ccc(F)c(F)c2)C1. The number of halogens is 4. The van der Waals surface area contributed by atoms with Crippen molar-refractivity contribution in [3.8, 4) is 0 Å². The lowest BCUT2D eigenvalue weighted by molar-refractivity contribution is -0.153. The Morgan fingerprint density at radius 2 is 1.69 bits per heavy atom. The summed E-state index contributed by atoms with van der Waals surface area (Å²) in [5.74, 6) is -3.62. The number of hydrogen-bond donors (Lipinski definition) is 3. The number of benzene rings is 3. The third-order valence-electron chi connectivity index (χ3n) is 9.35. The summed E-state index contributed by atoms with van der Waals surface area (Å²) in [5.41, 5.74) is -4.14. The summed E-state index contributed by atoms with van der Waals surface area (Å²) in [6, 6.07) is 13.1. The molecule has 1 aromatic heterocycles. The van der Waals surface area contributed by atoms with Crippen LogP contribution in [-0.4, -0.2) is 69.1 Å². The van der Waals surface area contributed by atoms with Crippen molar-refractivity contribution in [3.63, 3.8) is 0 Å². The van der Waals surface area contributed by atoms with Crippen molar-refractivity contribution in [1.29, 1.82) is 0 Å². The number of morpholine rings is 1. The Morgan fingerprint density at radius 3 is 2.37 bits per heavy atom. The van der Waals surface area contributed by atoms with Crippen LogP contribution in [0.4, 0.5) is 17.6 Å².